The van der Waals surface area contributed by atoms with Crippen LogP contribution in [0.3, 0.4) is 0 Å². The van der Waals surface area contributed by atoms with Crippen LogP contribution < -0.4 is 10.6 Å². The molecular weight excluding hydrogens is 452 g/mol. The Kier molecular flexibility index (Phi) is 6.56. The number of hydrogen-bond donors (Lipinski definition) is 2. The molecule has 0 aromatic heterocycles. The molecule has 2 N–H and O–H groups in total. The average molecular weight is 481 g/mol. The van der Waals surface area contributed by atoms with E-state index in [1.54, 1.807) is 51.1 Å². The van der Waals surface area contributed by atoms with E-state index in [2.05, 4.69) is 15.4 Å². The number of aldehydes is 1. The number of alkyl carbamates (subject to hydrolysis) is 1. The molecular formula is C22H28N2O8S. The third-order valence-corrected chi connectivity index (χ3v) is 8.03. The number of carbonyl (C=O) groups is 4. The molecule has 33 heavy (non-hydrogen) atoms. The van der Waals surface area contributed by atoms with E-state index in [1.807, 2.05) is 0 Å². The molecule has 0 radical (unpaired) electrons. The number of carbonyl (C=O) groups excluding carboxylic acids is 4. The predicted molar refractivity (Wildman–Crippen MR) is 117 cm³/mol. The number of fused-ring (bicyclic) bond motifs is 1. The summed E-state index contributed by atoms with van der Waals surface area (Å²) in [5.74, 6) is -4.08. The van der Waals surface area contributed by atoms with Gasteiger partial charge in [-0.05, 0) is 26.3 Å². The predicted octanol–water partition coefficient (Wildman–Crippen LogP) is 0.392. The highest BCUT2D eigenvalue weighted by Gasteiger charge is 2.77. The molecule has 5 atom stereocenters. The molecule has 2 amide bonds. The van der Waals surface area contributed by atoms with E-state index in [4.69, 9.17) is 4.74 Å². The SMILES string of the molecule is COC(=O)[C@@H]1[C@@H]2[C@H]1S(=O)(=O)C[C@]2(C=O)NC(=O)[C@H](Cc1ccccc1)NC(=O)OC(C)(C)C. The van der Waals surface area contributed by atoms with E-state index in [1.165, 1.54) is 0 Å². The lowest BCUT2D eigenvalue weighted by atomic mass is 9.94. The summed E-state index contributed by atoms with van der Waals surface area (Å²) in [6.45, 7) is 5.01. The Balaban J connectivity index is 1.85. The molecule has 1 saturated heterocycles. The molecule has 3 rings (SSSR count). The smallest absolute Gasteiger partial charge is 0.408 e. The van der Waals surface area contributed by atoms with Crippen molar-refractivity contribution in [2.45, 2.75) is 49.6 Å². The molecule has 180 valence electrons. The first-order chi connectivity index (χ1) is 15.3. The van der Waals surface area contributed by atoms with Crippen LogP contribution in [0.2, 0.25) is 0 Å². The summed E-state index contributed by atoms with van der Waals surface area (Å²) in [6.07, 6.45) is -0.403. The molecule has 0 bridgehead atoms. The number of esters is 1. The zero-order valence-electron chi connectivity index (χ0n) is 18.9. The summed E-state index contributed by atoms with van der Waals surface area (Å²) in [6, 6.07) is 7.70. The van der Waals surface area contributed by atoms with E-state index >= 15 is 0 Å². The summed E-state index contributed by atoms with van der Waals surface area (Å²) in [5, 5.41) is 3.94. The van der Waals surface area contributed by atoms with E-state index in [0.29, 0.717) is 6.29 Å². The molecule has 0 spiro atoms. The Morgan fingerprint density at radius 3 is 2.39 bits per heavy atom. The maximum atomic E-state index is 13.2. The van der Waals surface area contributed by atoms with Crippen molar-refractivity contribution in [3.05, 3.63) is 35.9 Å². The number of methoxy groups -OCH3 is 1. The van der Waals surface area contributed by atoms with Gasteiger partial charge in [-0.15, -0.1) is 0 Å². The third kappa shape index (κ3) is 5.18. The summed E-state index contributed by atoms with van der Waals surface area (Å²) in [7, 11) is -2.68. The van der Waals surface area contributed by atoms with Gasteiger partial charge in [0.1, 0.15) is 23.5 Å². The van der Waals surface area contributed by atoms with Crippen molar-refractivity contribution in [1.29, 1.82) is 0 Å². The first-order valence-corrected chi connectivity index (χ1v) is 12.2. The molecule has 1 aliphatic heterocycles. The first-order valence-electron chi connectivity index (χ1n) is 10.4. The highest BCUT2D eigenvalue weighted by molar-refractivity contribution is 7.92. The van der Waals surface area contributed by atoms with Crippen molar-refractivity contribution in [3.63, 3.8) is 0 Å². The number of rotatable bonds is 7. The molecule has 2 fully saturated rings. The number of sulfone groups is 1. The molecule has 11 heteroatoms. The van der Waals surface area contributed by atoms with Gasteiger partial charge < -0.3 is 24.9 Å². The maximum absolute atomic E-state index is 13.2. The zero-order chi connectivity index (χ0) is 24.6. The molecule has 1 aromatic carbocycles. The van der Waals surface area contributed by atoms with E-state index in [-0.39, 0.29) is 6.42 Å². The Morgan fingerprint density at radius 1 is 1.21 bits per heavy atom. The molecule has 1 aromatic rings. The van der Waals surface area contributed by atoms with Crippen LogP contribution in [0.5, 0.6) is 0 Å². The van der Waals surface area contributed by atoms with Crippen LogP contribution >= 0.6 is 0 Å². The van der Waals surface area contributed by atoms with Gasteiger partial charge in [0.25, 0.3) is 0 Å². The fourth-order valence-corrected chi connectivity index (χ4v) is 7.06. The number of benzene rings is 1. The molecule has 0 unspecified atom stereocenters. The highest BCUT2D eigenvalue weighted by Crippen LogP contribution is 2.57. The van der Waals surface area contributed by atoms with Gasteiger partial charge in [0.05, 0.1) is 24.0 Å². The normalized spacial score (nSPS) is 28.1. The topological polar surface area (TPSA) is 145 Å². The van der Waals surface area contributed by atoms with Crippen LogP contribution in [0.25, 0.3) is 0 Å². The second-order valence-electron chi connectivity index (χ2n) is 9.38. The summed E-state index contributed by atoms with van der Waals surface area (Å²) >= 11 is 0. The van der Waals surface area contributed by atoms with Gasteiger partial charge in [0.15, 0.2) is 9.84 Å². The van der Waals surface area contributed by atoms with Crippen molar-refractivity contribution >= 4 is 34.1 Å². The Hall–Kier alpha value is -2.95. The monoisotopic (exact) mass is 480 g/mol. The minimum absolute atomic E-state index is 0.0716. The van der Waals surface area contributed by atoms with Gasteiger partial charge in [-0.3, -0.25) is 9.59 Å². The van der Waals surface area contributed by atoms with Gasteiger partial charge in [-0.25, -0.2) is 13.2 Å². The Bertz CT molecular complexity index is 1050. The van der Waals surface area contributed by atoms with Crippen LogP contribution in [0.4, 0.5) is 4.79 Å². The molecule has 1 aliphatic carbocycles. The summed E-state index contributed by atoms with van der Waals surface area (Å²) in [5.41, 5.74) is -1.87. The first kappa shape index (κ1) is 24.7. The average Bonchev–Trinajstić information content (AvgIpc) is 3.44. The number of hydrogen-bond acceptors (Lipinski definition) is 8. The number of amides is 2. The van der Waals surface area contributed by atoms with Crippen LogP contribution in [-0.4, -0.2) is 68.0 Å². The van der Waals surface area contributed by atoms with Crippen molar-refractivity contribution in [2.75, 3.05) is 12.9 Å². The third-order valence-electron chi connectivity index (χ3n) is 5.73. The summed E-state index contributed by atoms with van der Waals surface area (Å²) in [4.78, 5) is 49.7. The highest BCUT2D eigenvalue weighted by atomic mass is 32.2. The quantitative estimate of drug-likeness (QED) is 0.421. The second kappa shape index (κ2) is 8.77. The fourth-order valence-electron chi connectivity index (χ4n) is 4.37. The fraction of sp³-hybridized carbons (Fsp3) is 0.545. The lowest BCUT2D eigenvalue weighted by molar-refractivity contribution is -0.143. The summed E-state index contributed by atoms with van der Waals surface area (Å²) < 4.78 is 35.1. The lowest BCUT2D eigenvalue weighted by Crippen LogP contribution is -2.60. The van der Waals surface area contributed by atoms with Crippen molar-refractivity contribution in [3.8, 4) is 0 Å². The maximum Gasteiger partial charge on any atom is 0.408 e. The van der Waals surface area contributed by atoms with Crippen molar-refractivity contribution in [1.82, 2.24) is 10.6 Å². The standard InChI is InChI=1S/C22H28N2O8S/c1-21(2,3)32-20(28)23-14(10-13-8-6-5-7-9-13)18(26)24-22(11-25)12-33(29,30)17-15(16(17)22)19(27)31-4/h5-9,11,14-17H,10,12H2,1-4H3,(H,23,28)(H,24,26)/t14-,15+,16+,17-,22-/m0/s1. The van der Waals surface area contributed by atoms with Gasteiger partial charge in [0, 0.05) is 12.3 Å². The molecule has 10 nitrogen and oxygen atoms in total. The lowest BCUT2D eigenvalue weighted by Gasteiger charge is -2.29. The van der Waals surface area contributed by atoms with Crippen LogP contribution in [0.1, 0.15) is 26.3 Å². The van der Waals surface area contributed by atoms with Gasteiger partial charge in [0.2, 0.25) is 5.91 Å². The molecule has 2 aliphatic rings. The number of ether oxygens (including phenoxy) is 2. The van der Waals surface area contributed by atoms with E-state index in [0.717, 1.165) is 12.7 Å². The Labute approximate surface area is 192 Å². The van der Waals surface area contributed by atoms with Gasteiger partial charge in [-0.1, -0.05) is 30.3 Å². The second-order valence-corrected chi connectivity index (χ2v) is 11.5. The van der Waals surface area contributed by atoms with E-state index in [9.17, 15) is 27.6 Å². The van der Waals surface area contributed by atoms with Crippen molar-refractivity contribution in [2.24, 2.45) is 11.8 Å². The zero-order valence-corrected chi connectivity index (χ0v) is 19.7. The van der Waals surface area contributed by atoms with Crippen LogP contribution in [-0.2, 0) is 40.1 Å². The van der Waals surface area contributed by atoms with Crippen molar-refractivity contribution < 1.29 is 37.1 Å². The molecule has 1 saturated carbocycles. The molecule has 1 heterocycles. The van der Waals surface area contributed by atoms with Gasteiger partial charge in [-0.2, -0.15) is 0 Å². The van der Waals surface area contributed by atoms with E-state index < -0.39 is 67.8 Å². The number of nitrogens with one attached hydrogen (secondary N) is 2. The largest absolute Gasteiger partial charge is 0.469 e. The van der Waals surface area contributed by atoms with Crippen LogP contribution in [0, 0.1) is 11.8 Å². The minimum atomic E-state index is -3.81. The Morgan fingerprint density at radius 2 is 1.85 bits per heavy atom. The minimum Gasteiger partial charge on any atom is -0.469 e. The van der Waals surface area contributed by atoms with Gasteiger partial charge >= 0.3 is 12.1 Å². The van der Waals surface area contributed by atoms with Crippen LogP contribution in [0.15, 0.2) is 30.3 Å².